The number of hydrogen-bond donors (Lipinski definition) is 3. The van der Waals surface area contributed by atoms with Gasteiger partial charge in [-0.1, -0.05) is 41.5 Å². The largest absolute Gasteiger partial charge is 0.507 e. The van der Waals surface area contributed by atoms with Gasteiger partial charge in [0.2, 0.25) is 0 Å². The molecule has 3 N–H and O–H groups in total. The predicted molar refractivity (Wildman–Crippen MR) is 103 cm³/mol. The molecule has 1 aromatic carbocycles. The number of phenolic OH excluding ortho intramolecular Hbond substituents is 1. The van der Waals surface area contributed by atoms with E-state index in [-0.39, 0.29) is 27.4 Å². The number of phenols is 1. The maximum Gasteiger partial charge on any atom is 0.355 e. The average molecular weight is 376 g/mol. The Morgan fingerprint density at radius 3 is 1.92 bits per heavy atom. The lowest BCUT2D eigenvalue weighted by atomic mass is 9.78. The van der Waals surface area contributed by atoms with Gasteiger partial charge in [0.05, 0.1) is 0 Å². The van der Waals surface area contributed by atoms with Gasteiger partial charge < -0.3 is 10.2 Å². The highest BCUT2D eigenvalue weighted by molar-refractivity contribution is 7.14. The van der Waals surface area contributed by atoms with Gasteiger partial charge >= 0.3 is 5.97 Å². The Bertz CT molecular complexity index is 822. The molecule has 2 rings (SSSR count). The Balaban J connectivity index is 2.47. The fourth-order valence-corrected chi connectivity index (χ4v) is 3.19. The summed E-state index contributed by atoms with van der Waals surface area (Å²) in [5, 5.41) is 23.9. The molecule has 1 amide bonds. The Labute approximate surface area is 156 Å². The first-order valence-corrected chi connectivity index (χ1v) is 9.07. The normalized spacial score (nSPS) is 12.1. The van der Waals surface area contributed by atoms with E-state index in [4.69, 9.17) is 5.11 Å². The van der Waals surface area contributed by atoms with Gasteiger partial charge in [-0.25, -0.2) is 9.78 Å². The number of carbonyl (C=O) groups excluding carboxylic acids is 1. The first-order chi connectivity index (χ1) is 11.8. The van der Waals surface area contributed by atoms with Gasteiger partial charge in [-0.05, 0) is 23.0 Å². The summed E-state index contributed by atoms with van der Waals surface area (Å²) >= 11 is 1.05. The summed E-state index contributed by atoms with van der Waals surface area (Å²) in [4.78, 5) is 27.5. The molecule has 7 heteroatoms. The molecule has 0 unspecified atom stereocenters. The van der Waals surface area contributed by atoms with Crippen LogP contribution in [0.3, 0.4) is 0 Å². The minimum atomic E-state index is -1.14. The first kappa shape index (κ1) is 19.9. The standard InChI is InChI=1S/C19H24N2O4S/c1-18(2,3)11-7-10(8-12(14(11)22)19(4,5)6)15(23)21-17-20-13(9-26-17)16(24)25/h7-9,22H,1-6H3,(H,24,25)(H,20,21,23). The summed E-state index contributed by atoms with van der Waals surface area (Å²) in [6, 6.07) is 3.34. The van der Waals surface area contributed by atoms with E-state index < -0.39 is 11.9 Å². The third-order valence-corrected chi connectivity index (χ3v) is 4.69. The molecule has 6 nitrogen and oxygen atoms in total. The molecule has 0 radical (unpaired) electrons. The molecule has 0 aliphatic carbocycles. The van der Waals surface area contributed by atoms with Crippen LogP contribution < -0.4 is 5.32 Å². The maximum absolute atomic E-state index is 12.7. The SMILES string of the molecule is CC(C)(C)c1cc(C(=O)Nc2nc(C(=O)O)cs2)cc(C(C)(C)C)c1O. The highest BCUT2D eigenvalue weighted by Gasteiger charge is 2.28. The lowest BCUT2D eigenvalue weighted by Crippen LogP contribution is -2.20. The minimum absolute atomic E-state index is 0.109. The molecule has 0 saturated carbocycles. The van der Waals surface area contributed by atoms with Crippen molar-refractivity contribution in [3.05, 3.63) is 39.9 Å². The van der Waals surface area contributed by atoms with Crippen LogP contribution in [0.2, 0.25) is 0 Å². The van der Waals surface area contributed by atoms with Crippen LogP contribution in [0.15, 0.2) is 17.5 Å². The van der Waals surface area contributed by atoms with Crippen molar-refractivity contribution < 1.29 is 19.8 Å². The number of carbonyl (C=O) groups is 2. The number of aromatic hydroxyl groups is 1. The number of amides is 1. The number of aromatic nitrogens is 1. The molecular weight excluding hydrogens is 352 g/mol. The third kappa shape index (κ3) is 4.22. The highest BCUT2D eigenvalue weighted by Crippen LogP contribution is 2.39. The van der Waals surface area contributed by atoms with E-state index in [0.29, 0.717) is 16.7 Å². The van der Waals surface area contributed by atoms with Crippen molar-refractivity contribution in [2.45, 2.75) is 52.4 Å². The molecule has 0 bridgehead atoms. The summed E-state index contributed by atoms with van der Waals surface area (Å²) in [5.74, 6) is -1.34. The number of carboxylic acids is 1. The van der Waals surface area contributed by atoms with Gasteiger partial charge in [-0.15, -0.1) is 11.3 Å². The molecule has 1 heterocycles. The fraction of sp³-hybridized carbons (Fsp3) is 0.421. The number of hydrogen-bond acceptors (Lipinski definition) is 5. The highest BCUT2D eigenvalue weighted by atomic mass is 32.1. The molecule has 2 aromatic rings. The number of anilines is 1. The number of nitrogens with one attached hydrogen (secondary N) is 1. The Kier molecular flexibility index (Phi) is 5.14. The zero-order chi connectivity index (χ0) is 19.9. The molecule has 1 aromatic heterocycles. The number of carboxylic acid groups (broad SMARTS) is 1. The van der Waals surface area contributed by atoms with Gasteiger partial charge in [0.15, 0.2) is 10.8 Å². The van der Waals surface area contributed by atoms with E-state index in [2.05, 4.69) is 10.3 Å². The number of rotatable bonds is 3. The van der Waals surface area contributed by atoms with E-state index in [9.17, 15) is 14.7 Å². The lowest BCUT2D eigenvalue weighted by molar-refractivity contribution is 0.0691. The first-order valence-electron chi connectivity index (χ1n) is 8.19. The average Bonchev–Trinajstić information content (AvgIpc) is 2.93. The van der Waals surface area contributed by atoms with Crippen molar-refractivity contribution in [3.8, 4) is 5.75 Å². The Morgan fingerprint density at radius 2 is 1.54 bits per heavy atom. The zero-order valence-electron chi connectivity index (χ0n) is 15.8. The van der Waals surface area contributed by atoms with Crippen LogP contribution >= 0.6 is 11.3 Å². The summed E-state index contributed by atoms with van der Waals surface area (Å²) < 4.78 is 0. The number of nitrogens with zero attached hydrogens (tertiary/aromatic N) is 1. The van der Waals surface area contributed by atoms with Crippen molar-refractivity contribution >= 4 is 28.3 Å². The number of benzene rings is 1. The van der Waals surface area contributed by atoms with E-state index in [1.807, 2.05) is 41.5 Å². The smallest absolute Gasteiger partial charge is 0.355 e. The summed E-state index contributed by atoms with van der Waals surface area (Å²) in [5.41, 5.74) is 0.947. The van der Waals surface area contributed by atoms with Crippen molar-refractivity contribution in [1.29, 1.82) is 0 Å². The number of aromatic carboxylic acids is 1. The van der Waals surface area contributed by atoms with Crippen LogP contribution in [0, 0.1) is 0 Å². The van der Waals surface area contributed by atoms with Crippen LogP contribution in [0.4, 0.5) is 5.13 Å². The number of thiazole rings is 1. The lowest BCUT2D eigenvalue weighted by Gasteiger charge is -2.28. The molecule has 140 valence electrons. The molecule has 0 atom stereocenters. The molecule has 0 aliphatic rings. The second kappa shape index (κ2) is 6.72. The van der Waals surface area contributed by atoms with Crippen LogP contribution in [0.25, 0.3) is 0 Å². The van der Waals surface area contributed by atoms with Crippen molar-refractivity contribution in [2.75, 3.05) is 5.32 Å². The van der Waals surface area contributed by atoms with Gasteiger partial charge in [0.25, 0.3) is 5.91 Å². The predicted octanol–water partition coefficient (Wildman–Crippen LogP) is 4.39. The molecule has 0 spiro atoms. The molecule has 0 saturated heterocycles. The van der Waals surface area contributed by atoms with E-state index in [1.165, 1.54) is 5.38 Å². The third-order valence-electron chi connectivity index (χ3n) is 3.93. The second-order valence-electron chi connectivity index (χ2n) is 8.22. The molecular formula is C19H24N2O4S. The van der Waals surface area contributed by atoms with Crippen molar-refractivity contribution in [2.24, 2.45) is 0 Å². The van der Waals surface area contributed by atoms with Gasteiger partial charge in [0, 0.05) is 22.1 Å². The summed E-state index contributed by atoms with van der Waals surface area (Å²) in [6.45, 7) is 11.8. The van der Waals surface area contributed by atoms with Crippen LogP contribution in [0.5, 0.6) is 5.75 Å². The summed E-state index contributed by atoms with van der Waals surface area (Å²) in [6.07, 6.45) is 0. The topological polar surface area (TPSA) is 99.5 Å². The maximum atomic E-state index is 12.7. The monoisotopic (exact) mass is 376 g/mol. The van der Waals surface area contributed by atoms with Gasteiger partial charge in [-0.3, -0.25) is 10.1 Å². The zero-order valence-corrected chi connectivity index (χ0v) is 16.6. The Hall–Kier alpha value is -2.41. The fourth-order valence-electron chi connectivity index (χ4n) is 2.51. The Morgan fingerprint density at radius 1 is 1.04 bits per heavy atom. The van der Waals surface area contributed by atoms with E-state index in [1.54, 1.807) is 12.1 Å². The quantitative estimate of drug-likeness (QED) is 0.737. The minimum Gasteiger partial charge on any atom is -0.507 e. The van der Waals surface area contributed by atoms with Gasteiger partial charge in [0.1, 0.15) is 5.75 Å². The van der Waals surface area contributed by atoms with Gasteiger partial charge in [-0.2, -0.15) is 0 Å². The summed E-state index contributed by atoms with van der Waals surface area (Å²) in [7, 11) is 0. The van der Waals surface area contributed by atoms with E-state index >= 15 is 0 Å². The second-order valence-corrected chi connectivity index (χ2v) is 9.08. The van der Waals surface area contributed by atoms with Crippen LogP contribution in [0.1, 0.15) is 73.5 Å². The molecule has 0 aliphatic heterocycles. The van der Waals surface area contributed by atoms with Crippen LogP contribution in [-0.4, -0.2) is 27.1 Å². The van der Waals surface area contributed by atoms with Crippen molar-refractivity contribution in [1.82, 2.24) is 4.98 Å². The van der Waals surface area contributed by atoms with Crippen molar-refractivity contribution in [3.63, 3.8) is 0 Å². The van der Waals surface area contributed by atoms with E-state index in [0.717, 1.165) is 11.3 Å². The molecule has 0 fully saturated rings. The van der Waals surface area contributed by atoms with Crippen LogP contribution in [-0.2, 0) is 10.8 Å². The molecule has 26 heavy (non-hydrogen) atoms.